The molecule has 0 amide bonds. The monoisotopic (exact) mass is 375 g/mol. The highest BCUT2D eigenvalue weighted by molar-refractivity contribution is 7.98. The van der Waals surface area contributed by atoms with Gasteiger partial charge in [0.15, 0.2) is 5.16 Å². The van der Waals surface area contributed by atoms with Crippen LogP contribution in [0.15, 0.2) is 46.2 Å². The standard InChI is InChI=1S/C18H18ClN3O2S/c1-23-16-7-6-14(19)9-13(16)11-25-18-21-20-17(12-4-5-12)22(18)10-15-3-2-8-24-15/h2-3,6-9,12H,4-5,10-11H2,1H3. The van der Waals surface area contributed by atoms with Gasteiger partial charge in [0.2, 0.25) is 0 Å². The SMILES string of the molecule is COc1ccc(Cl)cc1CSc1nnc(C2CC2)n1Cc1ccco1. The number of hydrogen-bond donors (Lipinski definition) is 0. The maximum atomic E-state index is 6.13. The molecule has 2 heterocycles. The third-order valence-electron chi connectivity index (χ3n) is 4.18. The number of furan rings is 1. The van der Waals surface area contributed by atoms with Crippen LogP contribution < -0.4 is 4.74 Å². The molecule has 0 radical (unpaired) electrons. The highest BCUT2D eigenvalue weighted by atomic mass is 35.5. The molecule has 1 aromatic carbocycles. The van der Waals surface area contributed by atoms with Gasteiger partial charge in [0.1, 0.15) is 17.3 Å². The Balaban J connectivity index is 1.57. The van der Waals surface area contributed by atoms with Gasteiger partial charge in [-0.1, -0.05) is 23.4 Å². The van der Waals surface area contributed by atoms with Crippen molar-refractivity contribution in [2.75, 3.05) is 7.11 Å². The molecule has 1 saturated carbocycles. The number of methoxy groups -OCH3 is 1. The average Bonchev–Trinajstić information content (AvgIpc) is 3.18. The van der Waals surface area contributed by atoms with Gasteiger partial charge < -0.3 is 9.15 Å². The van der Waals surface area contributed by atoms with E-state index in [2.05, 4.69) is 14.8 Å². The Morgan fingerprint density at radius 3 is 2.92 bits per heavy atom. The van der Waals surface area contributed by atoms with Crippen LogP contribution in [-0.2, 0) is 12.3 Å². The van der Waals surface area contributed by atoms with Crippen molar-refractivity contribution >= 4 is 23.4 Å². The van der Waals surface area contributed by atoms with E-state index in [4.69, 9.17) is 20.8 Å². The third kappa shape index (κ3) is 3.70. The van der Waals surface area contributed by atoms with Gasteiger partial charge in [0, 0.05) is 22.3 Å². The topological polar surface area (TPSA) is 53.1 Å². The summed E-state index contributed by atoms with van der Waals surface area (Å²) in [6, 6.07) is 9.54. The molecule has 3 aromatic rings. The van der Waals surface area contributed by atoms with E-state index >= 15 is 0 Å². The lowest BCUT2D eigenvalue weighted by Crippen LogP contribution is -2.05. The van der Waals surface area contributed by atoms with Crippen molar-refractivity contribution in [3.8, 4) is 5.75 Å². The maximum Gasteiger partial charge on any atom is 0.191 e. The van der Waals surface area contributed by atoms with Crippen LogP contribution in [0.1, 0.15) is 35.9 Å². The summed E-state index contributed by atoms with van der Waals surface area (Å²) in [5.41, 5.74) is 1.04. The number of halogens is 1. The van der Waals surface area contributed by atoms with Gasteiger partial charge in [-0.15, -0.1) is 10.2 Å². The van der Waals surface area contributed by atoms with Crippen molar-refractivity contribution in [2.45, 2.75) is 36.2 Å². The minimum Gasteiger partial charge on any atom is -0.496 e. The van der Waals surface area contributed by atoms with Crippen LogP contribution in [-0.4, -0.2) is 21.9 Å². The molecule has 0 atom stereocenters. The van der Waals surface area contributed by atoms with E-state index in [9.17, 15) is 0 Å². The Labute approximate surface area is 155 Å². The minimum atomic E-state index is 0.525. The molecule has 130 valence electrons. The predicted octanol–water partition coefficient (Wildman–Crippen LogP) is 4.75. The summed E-state index contributed by atoms with van der Waals surface area (Å²) in [5, 5.41) is 10.4. The summed E-state index contributed by atoms with van der Waals surface area (Å²) in [7, 11) is 1.67. The summed E-state index contributed by atoms with van der Waals surface area (Å²) in [4.78, 5) is 0. The first-order valence-electron chi connectivity index (χ1n) is 8.15. The number of ether oxygens (including phenoxy) is 1. The Morgan fingerprint density at radius 1 is 1.32 bits per heavy atom. The minimum absolute atomic E-state index is 0.525. The van der Waals surface area contributed by atoms with Crippen molar-refractivity contribution in [3.05, 3.63) is 58.8 Å². The molecule has 0 saturated heterocycles. The summed E-state index contributed by atoms with van der Waals surface area (Å²) in [5.74, 6) is 4.03. The third-order valence-corrected chi connectivity index (χ3v) is 5.43. The zero-order valence-corrected chi connectivity index (χ0v) is 15.4. The molecule has 0 aliphatic heterocycles. The molecule has 0 spiro atoms. The fourth-order valence-electron chi connectivity index (χ4n) is 2.76. The van der Waals surface area contributed by atoms with Crippen molar-refractivity contribution in [1.29, 1.82) is 0 Å². The number of rotatable bonds is 7. The van der Waals surface area contributed by atoms with Crippen molar-refractivity contribution in [2.24, 2.45) is 0 Å². The lowest BCUT2D eigenvalue weighted by molar-refractivity contribution is 0.411. The Morgan fingerprint density at radius 2 is 2.20 bits per heavy atom. The molecule has 5 nitrogen and oxygen atoms in total. The summed E-state index contributed by atoms with van der Waals surface area (Å²) in [6.45, 7) is 0.654. The second kappa shape index (κ2) is 7.14. The van der Waals surface area contributed by atoms with E-state index in [0.717, 1.165) is 28.1 Å². The Bertz CT molecular complexity index is 859. The predicted molar refractivity (Wildman–Crippen MR) is 97.4 cm³/mol. The molecule has 2 aromatic heterocycles. The fourth-order valence-corrected chi connectivity index (χ4v) is 3.88. The molecular formula is C18H18ClN3O2S. The van der Waals surface area contributed by atoms with E-state index in [-0.39, 0.29) is 0 Å². The summed E-state index contributed by atoms with van der Waals surface area (Å²) < 4.78 is 13.1. The van der Waals surface area contributed by atoms with Crippen LogP contribution in [0, 0.1) is 0 Å². The first kappa shape index (κ1) is 16.5. The maximum absolute atomic E-state index is 6.13. The van der Waals surface area contributed by atoms with Gasteiger partial charge in [-0.25, -0.2) is 0 Å². The molecule has 4 rings (SSSR count). The van der Waals surface area contributed by atoms with Gasteiger partial charge in [0.25, 0.3) is 0 Å². The number of nitrogens with zero attached hydrogens (tertiary/aromatic N) is 3. The molecule has 0 unspecified atom stereocenters. The normalized spacial score (nSPS) is 14.0. The van der Waals surface area contributed by atoms with E-state index < -0.39 is 0 Å². The smallest absolute Gasteiger partial charge is 0.191 e. The molecular weight excluding hydrogens is 358 g/mol. The van der Waals surface area contributed by atoms with E-state index in [1.165, 1.54) is 12.8 Å². The van der Waals surface area contributed by atoms with Gasteiger partial charge in [0.05, 0.1) is 19.9 Å². The van der Waals surface area contributed by atoms with E-state index in [1.807, 2.05) is 30.3 Å². The molecule has 7 heteroatoms. The second-order valence-corrected chi connectivity index (χ2v) is 7.40. The molecule has 25 heavy (non-hydrogen) atoms. The zero-order chi connectivity index (χ0) is 17.2. The number of aromatic nitrogens is 3. The molecule has 1 aliphatic carbocycles. The Hall–Kier alpha value is -1.92. The number of thioether (sulfide) groups is 1. The van der Waals surface area contributed by atoms with E-state index in [1.54, 1.807) is 25.1 Å². The quantitative estimate of drug-likeness (QED) is 0.558. The largest absolute Gasteiger partial charge is 0.496 e. The van der Waals surface area contributed by atoms with Crippen LogP contribution in [0.2, 0.25) is 5.02 Å². The molecule has 1 fully saturated rings. The molecule has 0 bridgehead atoms. The lowest BCUT2D eigenvalue weighted by Gasteiger charge is -2.10. The van der Waals surface area contributed by atoms with Gasteiger partial charge in [-0.2, -0.15) is 0 Å². The fraction of sp³-hybridized carbons (Fsp3) is 0.333. The van der Waals surface area contributed by atoms with E-state index in [0.29, 0.717) is 23.2 Å². The zero-order valence-electron chi connectivity index (χ0n) is 13.8. The van der Waals surface area contributed by atoms with Gasteiger partial charge in [-0.3, -0.25) is 4.57 Å². The summed E-state index contributed by atoms with van der Waals surface area (Å²) >= 11 is 7.76. The molecule has 1 aliphatic rings. The second-order valence-electron chi connectivity index (χ2n) is 6.03. The van der Waals surface area contributed by atoms with Crippen molar-refractivity contribution in [1.82, 2.24) is 14.8 Å². The van der Waals surface area contributed by atoms with Crippen molar-refractivity contribution in [3.63, 3.8) is 0 Å². The first-order valence-corrected chi connectivity index (χ1v) is 9.51. The van der Waals surface area contributed by atoms with Crippen LogP contribution in [0.4, 0.5) is 0 Å². The number of benzene rings is 1. The summed E-state index contributed by atoms with van der Waals surface area (Å²) in [6.07, 6.45) is 4.06. The van der Waals surface area contributed by atoms with Crippen LogP contribution in [0.25, 0.3) is 0 Å². The van der Waals surface area contributed by atoms with Crippen LogP contribution in [0.5, 0.6) is 5.75 Å². The Kier molecular flexibility index (Phi) is 4.72. The van der Waals surface area contributed by atoms with Crippen LogP contribution >= 0.6 is 23.4 Å². The highest BCUT2D eigenvalue weighted by Gasteiger charge is 2.30. The highest BCUT2D eigenvalue weighted by Crippen LogP contribution is 2.40. The molecule has 0 N–H and O–H groups in total. The first-order chi connectivity index (χ1) is 12.2. The van der Waals surface area contributed by atoms with Crippen LogP contribution in [0.3, 0.4) is 0 Å². The lowest BCUT2D eigenvalue weighted by atomic mass is 10.2. The van der Waals surface area contributed by atoms with Gasteiger partial charge in [-0.05, 0) is 43.2 Å². The van der Waals surface area contributed by atoms with Crippen molar-refractivity contribution < 1.29 is 9.15 Å². The van der Waals surface area contributed by atoms with Gasteiger partial charge >= 0.3 is 0 Å². The number of hydrogen-bond acceptors (Lipinski definition) is 5. The average molecular weight is 376 g/mol.